The van der Waals surface area contributed by atoms with E-state index in [1.807, 2.05) is 23.9 Å². The summed E-state index contributed by atoms with van der Waals surface area (Å²) in [5.41, 5.74) is 3.73. The molecule has 1 atom stereocenters. The fraction of sp³-hybridized carbons (Fsp3) is 0.438. The van der Waals surface area contributed by atoms with Crippen molar-refractivity contribution in [2.75, 3.05) is 6.54 Å². The highest BCUT2D eigenvalue weighted by Crippen LogP contribution is 2.30. The van der Waals surface area contributed by atoms with Crippen molar-refractivity contribution >= 4 is 15.9 Å². The van der Waals surface area contributed by atoms with Crippen molar-refractivity contribution in [2.24, 2.45) is 7.05 Å². The summed E-state index contributed by atoms with van der Waals surface area (Å²) in [5.74, 6) is 1.01. The molecule has 0 amide bonds. The fourth-order valence-corrected chi connectivity index (χ4v) is 3.21. The van der Waals surface area contributed by atoms with Gasteiger partial charge in [0, 0.05) is 42.8 Å². The van der Waals surface area contributed by atoms with Gasteiger partial charge in [-0.15, -0.1) is 0 Å². The number of hydrogen-bond acceptors (Lipinski definition) is 3. The minimum absolute atomic E-state index is 0.219. The van der Waals surface area contributed by atoms with Gasteiger partial charge in [-0.2, -0.15) is 5.10 Å². The van der Waals surface area contributed by atoms with Crippen LogP contribution in [0.5, 0.6) is 5.75 Å². The number of rotatable bonds is 5. The van der Waals surface area contributed by atoms with Gasteiger partial charge in [-0.1, -0.05) is 22.9 Å². The molecule has 2 aromatic rings. The Morgan fingerprint density at radius 1 is 1.48 bits per heavy atom. The van der Waals surface area contributed by atoms with E-state index in [1.165, 1.54) is 16.8 Å². The predicted molar refractivity (Wildman–Crippen MR) is 86.6 cm³/mol. The van der Waals surface area contributed by atoms with Gasteiger partial charge in [-0.25, -0.2) is 0 Å². The van der Waals surface area contributed by atoms with E-state index in [9.17, 15) is 0 Å². The predicted octanol–water partition coefficient (Wildman–Crippen LogP) is 2.84. The maximum atomic E-state index is 5.96. The maximum absolute atomic E-state index is 5.96. The van der Waals surface area contributed by atoms with Gasteiger partial charge in [0.2, 0.25) is 0 Å². The highest BCUT2D eigenvalue weighted by atomic mass is 79.9. The summed E-state index contributed by atoms with van der Waals surface area (Å²) in [6, 6.07) is 6.21. The molecular formula is C16H20BrN3O. The summed E-state index contributed by atoms with van der Waals surface area (Å²) in [7, 11) is 1.97. The molecule has 3 rings (SSSR count). The van der Waals surface area contributed by atoms with Crippen molar-refractivity contribution in [3.8, 4) is 5.75 Å². The molecule has 0 aliphatic carbocycles. The Bertz CT molecular complexity index is 638. The molecule has 0 fully saturated rings. The van der Waals surface area contributed by atoms with Gasteiger partial charge in [0.1, 0.15) is 11.9 Å². The van der Waals surface area contributed by atoms with Crippen LogP contribution < -0.4 is 10.1 Å². The smallest absolute Gasteiger partial charge is 0.123 e. The lowest BCUT2D eigenvalue weighted by molar-refractivity contribution is 0.227. The van der Waals surface area contributed by atoms with Crippen LogP contribution in [0.3, 0.4) is 0 Å². The normalized spacial score (nSPS) is 16.8. The van der Waals surface area contributed by atoms with Crippen molar-refractivity contribution in [1.82, 2.24) is 15.1 Å². The Hall–Kier alpha value is -1.33. The Balaban J connectivity index is 1.53. The topological polar surface area (TPSA) is 39.1 Å². The lowest BCUT2D eigenvalue weighted by Crippen LogP contribution is -2.29. The van der Waals surface area contributed by atoms with E-state index in [4.69, 9.17) is 4.74 Å². The first-order valence-electron chi connectivity index (χ1n) is 7.33. The molecule has 0 saturated carbocycles. The third-order valence-electron chi connectivity index (χ3n) is 3.78. The number of aryl methyl sites for hydroxylation is 2. The lowest BCUT2D eigenvalue weighted by atomic mass is 10.1. The third-order valence-corrected chi connectivity index (χ3v) is 4.27. The molecule has 1 aliphatic heterocycles. The molecule has 0 radical (unpaired) electrons. The molecular weight excluding hydrogens is 330 g/mol. The highest BCUT2D eigenvalue weighted by Gasteiger charge is 2.22. The number of aromatic nitrogens is 2. The standard InChI is InChI=1S/C16H20BrN3O/c1-3-15-12(10-20(2)19-15)8-18-9-14-7-11-6-13(17)4-5-16(11)21-14/h4-6,10,14,18H,3,7-9H2,1-2H3. The van der Waals surface area contributed by atoms with E-state index < -0.39 is 0 Å². The molecule has 0 spiro atoms. The summed E-state index contributed by atoms with van der Waals surface area (Å²) in [4.78, 5) is 0. The van der Waals surface area contributed by atoms with Gasteiger partial charge in [-0.3, -0.25) is 4.68 Å². The van der Waals surface area contributed by atoms with Crippen molar-refractivity contribution in [2.45, 2.75) is 32.4 Å². The van der Waals surface area contributed by atoms with Gasteiger partial charge >= 0.3 is 0 Å². The van der Waals surface area contributed by atoms with Gasteiger partial charge in [0.25, 0.3) is 0 Å². The van der Waals surface area contributed by atoms with E-state index in [1.54, 1.807) is 0 Å². The molecule has 1 aromatic heterocycles. The number of nitrogens with zero attached hydrogens (tertiary/aromatic N) is 2. The van der Waals surface area contributed by atoms with Crippen LogP contribution in [-0.2, 0) is 26.4 Å². The first kappa shape index (κ1) is 14.6. The van der Waals surface area contributed by atoms with Crippen molar-refractivity contribution in [1.29, 1.82) is 0 Å². The van der Waals surface area contributed by atoms with Crippen molar-refractivity contribution in [3.05, 3.63) is 45.7 Å². The number of ether oxygens (including phenoxy) is 1. The second-order valence-electron chi connectivity index (χ2n) is 5.46. The van der Waals surface area contributed by atoms with Crippen molar-refractivity contribution < 1.29 is 4.74 Å². The van der Waals surface area contributed by atoms with Crippen LogP contribution in [0.25, 0.3) is 0 Å². The largest absolute Gasteiger partial charge is 0.488 e. The number of nitrogens with one attached hydrogen (secondary N) is 1. The third kappa shape index (κ3) is 3.30. The molecule has 0 saturated heterocycles. The maximum Gasteiger partial charge on any atom is 0.123 e. The van der Waals surface area contributed by atoms with E-state index in [2.05, 4.69) is 45.5 Å². The van der Waals surface area contributed by atoms with Crippen LogP contribution in [0.15, 0.2) is 28.9 Å². The molecule has 1 aliphatic rings. The minimum atomic E-state index is 0.219. The van der Waals surface area contributed by atoms with Gasteiger partial charge in [0.15, 0.2) is 0 Å². The summed E-state index contributed by atoms with van der Waals surface area (Å²) in [6.07, 6.45) is 4.25. The SMILES string of the molecule is CCc1nn(C)cc1CNCC1Cc2cc(Br)ccc2O1. The van der Waals surface area contributed by atoms with Crippen molar-refractivity contribution in [3.63, 3.8) is 0 Å². The van der Waals surface area contributed by atoms with E-state index in [-0.39, 0.29) is 6.10 Å². The number of hydrogen-bond donors (Lipinski definition) is 1. The molecule has 21 heavy (non-hydrogen) atoms. The van der Waals surface area contributed by atoms with Crippen LogP contribution in [0.4, 0.5) is 0 Å². The second-order valence-corrected chi connectivity index (χ2v) is 6.37. The van der Waals surface area contributed by atoms with E-state index >= 15 is 0 Å². The first-order valence-corrected chi connectivity index (χ1v) is 8.12. The number of benzene rings is 1. The van der Waals surface area contributed by atoms with E-state index in [0.29, 0.717) is 0 Å². The molecule has 1 N–H and O–H groups in total. The van der Waals surface area contributed by atoms with Crippen LogP contribution in [-0.4, -0.2) is 22.4 Å². The lowest BCUT2D eigenvalue weighted by Gasteiger charge is -2.11. The minimum Gasteiger partial charge on any atom is -0.488 e. The summed E-state index contributed by atoms with van der Waals surface area (Å²) in [5, 5.41) is 7.95. The first-order chi connectivity index (χ1) is 10.2. The zero-order chi connectivity index (χ0) is 14.8. The Kier molecular flexibility index (Phi) is 4.31. The second kappa shape index (κ2) is 6.20. The molecule has 4 nitrogen and oxygen atoms in total. The Morgan fingerprint density at radius 2 is 2.33 bits per heavy atom. The molecule has 1 unspecified atom stereocenters. The summed E-state index contributed by atoms with van der Waals surface area (Å²) >= 11 is 3.51. The van der Waals surface area contributed by atoms with Crippen LogP contribution >= 0.6 is 15.9 Å². The molecule has 112 valence electrons. The summed E-state index contributed by atoms with van der Waals surface area (Å²) < 4.78 is 8.95. The molecule has 2 heterocycles. The van der Waals surface area contributed by atoms with Crippen LogP contribution in [0.2, 0.25) is 0 Å². The highest BCUT2D eigenvalue weighted by molar-refractivity contribution is 9.10. The van der Waals surface area contributed by atoms with Gasteiger partial charge in [0.05, 0.1) is 5.69 Å². The number of fused-ring (bicyclic) bond motifs is 1. The Morgan fingerprint density at radius 3 is 3.14 bits per heavy atom. The molecule has 5 heteroatoms. The quantitative estimate of drug-likeness (QED) is 0.901. The monoisotopic (exact) mass is 349 g/mol. The van der Waals surface area contributed by atoms with Crippen LogP contribution in [0, 0.1) is 0 Å². The van der Waals surface area contributed by atoms with Gasteiger partial charge < -0.3 is 10.1 Å². The zero-order valence-corrected chi connectivity index (χ0v) is 14.0. The fourth-order valence-electron chi connectivity index (χ4n) is 2.80. The van der Waals surface area contributed by atoms with E-state index in [0.717, 1.165) is 36.2 Å². The number of halogens is 1. The zero-order valence-electron chi connectivity index (χ0n) is 12.4. The van der Waals surface area contributed by atoms with Crippen LogP contribution in [0.1, 0.15) is 23.7 Å². The molecule has 0 bridgehead atoms. The summed E-state index contributed by atoms with van der Waals surface area (Å²) in [6.45, 7) is 3.83. The van der Waals surface area contributed by atoms with Gasteiger partial charge in [-0.05, 0) is 30.2 Å². The average Bonchev–Trinajstić information content (AvgIpc) is 3.01. The average molecular weight is 350 g/mol. The molecule has 1 aromatic carbocycles. The Labute approximate surface area is 133 Å².